The van der Waals surface area contributed by atoms with Crippen LogP contribution in [0.5, 0.6) is 0 Å². The molecule has 0 aliphatic carbocycles. The van der Waals surface area contributed by atoms with E-state index >= 15 is 0 Å². The van der Waals surface area contributed by atoms with Crippen LogP contribution in [0, 0.1) is 6.92 Å². The number of hydrogen-bond donors (Lipinski definition) is 1. The summed E-state index contributed by atoms with van der Waals surface area (Å²) in [4.78, 5) is 27.1. The molecule has 24 heavy (non-hydrogen) atoms. The van der Waals surface area contributed by atoms with Gasteiger partial charge in [-0.05, 0) is 54.5 Å². The number of fused-ring (bicyclic) bond motifs is 1. The van der Waals surface area contributed by atoms with Crippen molar-refractivity contribution in [3.8, 4) is 0 Å². The molecule has 1 aliphatic heterocycles. The summed E-state index contributed by atoms with van der Waals surface area (Å²) in [5.74, 6) is -0.0511. The lowest BCUT2D eigenvalue weighted by atomic mass is 9.98. The van der Waals surface area contributed by atoms with Crippen LogP contribution in [-0.4, -0.2) is 24.9 Å². The van der Waals surface area contributed by atoms with Gasteiger partial charge in [-0.2, -0.15) is 0 Å². The number of anilines is 1. The molecular weight excluding hydrogens is 388 g/mol. The molecule has 6 heteroatoms. The van der Waals surface area contributed by atoms with Gasteiger partial charge in [-0.25, -0.2) is 0 Å². The maximum Gasteiger partial charge on any atom is 0.261 e. The fraction of sp³-hybridized carbons (Fsp3) is 0.333. The Bertz CT molecular complexity index is 759. The zero-order valence-corrected chi connectivity index (χ0v) is 15.9. The molecule has 0 saturated carbocycles. The minimum Gasteiger partial charge on any atom is -0.351 e. The molecule has 1 aromatic carbocycles. The molecule has 2 aromatic rings. The zero-order chi connectivity index (χ0) is 17.1. The Balaban J connectivity index is 1.63. The van der Waals surface area contributed by atoms with Gasteiger partial charge in [0, 0.05) is 29.7 Å². The van der Waals surface area contributed by atoms with Crippen LogP contribution < -0.4 is 10.2 Å². The third-order valence-corrected chi connectivity index (χ3v) is 5.44. The van der Waals surface area contributed by atoms with E-state index < -0.39 is 0 Å². The van der Waals surface area contributed by atoms with E-state index in [-0.39, 0.29) is 11.8 Å². The van der Waals surface area contributed by atoms with Crippen molar-refractivity contribution in [2.24, 2.45) is 0 Å². The summed E-state index contributed by atoms with van der Waals surface area (Å²) in [5.41, 5.74) is 3.36. The number of carbonyl (C=O) groups is 2. The van der Waals surface area contributed by atoms with E-state index in [9.17, 15) is 9.59 Å². The van der Waals surface area contributed by atoms with Crippen LogP contribution in [0.25, 0.3) is 0 Å². The summed E-state index contributed by atoms with van der Waals surface area (Å²) < 4.78 is 1.05. The molecule has 0 fully saturated rings. The number of carbonyl (C=O) groups excluding carboxylic acids is 2. The van der Waals surface area contributed by atoms with Crippen LogP contribution in [0.4, 0.5) is 5.69 Å². The highest BCUT2D eigenvalue weighted by molar-refractivity contribution is 9.10. The Hall–Kier alpha value is -1.66. The summed E-state index contributed by atoms with van der Waals surface area (Å²) in [5, 5.41) is 4.69. The number of nitrogens with one attached hydrogen (secondary N) is 1. The van der Waals surface area contributed by atoms with E-state index in [4.69, 9.17) is 0 Å². The maximum atomic E-state index is 12.6. The predicted octanol–water partition coefficient (Wildman–Crippen LogP) is 3.92. The van der Waals surface area contributed by atoms with Crippen molar-refractivity contribution >= 4 is 44.8 Å². The quantitative estimate of drug-likeness (QED) is 0.836. The van der Waals surface area contributed by atoms with Gasteiger partial charge in [-0.15, -0.1) is 11.3 Å². The second-order valence-corrected chi connectivity index (χ2v) is 7.73. The normalized spacial score (nSPS) is 13.5. The van der Waals surface area contributed by atoms with Crippen molar-refractivity contribution in [3.05, 3.63) is 50.1 Å². The monoisotopic (exact) mass is 406 g/mol. The highest BCUT2D eigenvalue weighted by atomic mass is 79.9. The van der Waals surface area contributed by atoms with Crippen molar-refractivity contribution in [2.45, 2.75) is 26.2 Å². The van der Waals surface area contributed by atoms with Crippen LogP contribution >= 0.6 is 27.3 Å². The minimum atomic E-state index is -0.114. The molecule has 0 radical (unpaired) electrons. The summed E-state index contributed by atoms with van der Waals surface area (Å²) in [6, 6.07) is 7.77. The molecule has 3 rings (SSSR count). The number of aryl methyl sites for hydroxylation is 2. The highest BCUT2D eigenvalue weighted by Crippen LogP contribution is 2.33. The first-order valence-electron chi connectivity index (χ1n) is 7.97. The zero-order valence-electron chi connectivity index (χ0n) is 13.5. The molecule has 0 bridgehead atoms. The van der Waals surface area contributed by atoms with E-state index in [1.54, 1.807) is 6.07 Å². The van der Waals surface area contributed by atoms with Crippen molar-refractivity contribution in [3.63, 3.8) is 0 Å². The van der Waals surface area contributed by atoms with Crippen molar-refractivity contribution < 1.29 is 9.59 Å². The van der Waals surface area contributed by atoms with E-state index in [2.05, 4.69) is 27.3 Å². The van der Waals surface area contributed by atoms with Crippen molar-refractivity contribution in [1.82, 2.24) is 5.32 Å². The average Bonchev–Trinajstić information content (AvgIpc) is 3.08. The second-order valence-electron chi connectivity index (χ2n) is 5.86. The number of hydrogen-bond acceptors (Lipinski definition) is 3. The molecule has 1 aromatic heterocycles. The Kier molecular flexibility index (Phi) is 5.36. The lowest BCUT2D eigenvalue weighted by molar-refractivity contribution is -0.118. The largest absolute Gasteiger partial charge is 0.351 e. The predicted molar refractivity (Wildman–Crippen MR) is 101 cm³/mol. The lowest BCUT2D eigenvalue weighted by Gasteiger charge is -2.31. The SMILES string of the molecule is Cc1cc(Br)cc2c1N(C(=O)CCNC(=O)c1cccs1)CCC2. The molecule has 4 nitrogen and oxygen atoms in total. The molecule has 2 heterocycles. The van der Waals surface area contributed by atoms with E-state index in [0.29, 0.717) is 17.8 Å². The molecule has 126 valence electrons. The Morgan fingerprint density at radius 1 is 1.38 bits per heavy atom. The van der Waals surface area contributed by atoms with E-state index in [1.807, 2.05) is 29.3 Å². The smallest absolute Gasteiger partial charge is 0.261 e. The van der Waals surface area contributed by atoms with Gasteiger partial charge in [-0.3, -0.25) is 9.59 Å². The number of amides is 2. The first-order chi connectivity index (χ1) is 11.6. The third kappa shape index (κ3) is 3.70. The van der Waals surface area contributed by atoms with E-state index in [1.165, 1.54) is 16.9 Å². The number of halogens is 1. The molecule has 0 unspecified atom stereocenters. The van der Waals surface area contributed by atoms with Gasteiger partial charge in [0.2, 0.25) is 5.91 Å². The Morgan fingerprint density at radius 3 is 2.96 bits per heavy atom. The number of rotatable bonds is 4. The fourth-order valence-corrected chi connectivity index (χ4v) is 4.34. The summed E-state index contributed by atoms with van der Waals surface area (Å²) in [6.07, 6.45) is 2.27. The summed E-state index contributed by atoms with van der Waals surface area (Å²) >= 11 is 4.93. The standard InChI is InChI=1S/C18H19BrN2O2S/c1-12-10-14(19)11-13-4-2-8-21(17(12)13)16(22)6-7-20-18(23)15-5-3-9-24-15/h3,5,9-11H,2,4,6-8H2,1H3,(H,20,23). The van der Waals surface area contributed by atoms with Gasteiger partial charge in [-0.1, -0.05) is 22.0 Å². The van der Waals surface area contributed by atoms with Crippen molar-refractivity contribution in [1.29, 1.82) is 0 Å². The van der Waals surface area contributed by atoms with Crippen molar-refractivity contribution in [2.75, 3.05) is 18.0 Å². The van der Waals surface area contributed by atoms with Crippen LogP contribution in [0.15, 0.2) is 34.1 Å². The molecule has 0 atom stereocenters. The van der Waals surface area contributed by atoms with Crippen LogP contribution in [0.1, 0.15) is 33.6 Å². The van der Waals surface area contributed by atoms with Crippen LogP contribution in [0.3, 0.4) is 0 Å². The minimum absolute atomic E-state index is 0.0628. The van der Waals surface area contributed by atoms with Gasteiger partial charge < -0.3 is 10.2 Å². The third-order valence-electron chi connectivity index (χ3n) is 4.11. The van der Waals surface area contributed by atoms with Gasteiger partial charge in [0.25, 0.3) is 5.91 Å². The van der Waals surface area contributed by atoms with Gasteiger partial charge in [0.15, 0.2) is 0 Å². The fourth-order valence-electron chi connectivity index (χ4n) is 3.08. The Labute approximate surface area is 154 Å². The molecular formula is C18H19BrN2O2S. The molecule has 1 aliphatic rings. The number of thiophene rings is 1. The summed E-state index contributed by atoms with van der Waals surface area (Å²) in [6.45, 7) is 3.14. The van der Waals surface area contributed by atoms with Gasteiger partial charge in [0.05, 0.1) is 4.88 Å². The average molecular weight is 407 g/mol. The van der Waals surface area contributed by atoms with Gasteiger partial charge in [0.1, 0.15) is 0 Å². The Morgan fingerprint density at radius 2 is 2.21 bits per heavy atom. The topological polar surface area (TPSA) is 49.4 Å². The van der Waals surface area contributed by atoms with Gasteiger partial charge >= 0.3 is 0 Å². The second kappa shape index (κ2) is 7.49. The maximum absolute atomic E-state index is 12.6. The first-order valence-corrected chi connectivity index (χ1v) is 9.64. The van der Waals surface area contributed by atoms with Crippen LogP contribution in [-0.2, 0) is 11.2 Å². The number of nitrogens with zero attached hydrogens (tertiary/aromatic N) is 1. The summed E-state index contributed by atoms with van der Waals surface area (Å²) in [7, 11) is 0. The molecule has 2 amide bonds. The lowest BCUT2D eigenvalue weighted by Crippen LogP contribution is -2.38. The molecule has 0 saturated heterocycles. The number of benzene rings is 1. The highest BCUT2D eigenvalue weighted by Gasteiger charge is 2.24. The molecule has 1 N–H and O–H groups in total. The van der Waals surface area contributed by atoms with Crippen LogP contribution in [0.2, 0.25) is 0 Å². The first kappa shape index (κ1) is 17.2. The van der Waals surface area contributed by atoms with E-state index in [0.717, 1.165) is 35.1 Å². The molecule has 0 spiro atoms.